The molecule has 0 spiro atoms. The molecule has 1 aliphatic rings. The van der Waals surface area contributed by atoms with Gasteiger partial charge in [0.15, 0.2) is 0 Å². The molecule has 1 unspecified atom stereocenters. The van der Waals surface area contributed by atoms with Crippen molar-refractivity contribution in [2.45, 2.75) is 30.2 Å². The average molecular weight is 331 g/mol. The molecule has 0 saturated heterocycles. The van der Waals surface area contributed by atoms with Crippen LogP contribution in [0.15, 0.2) is 29.4 Å². The zero-order valence-corrected chi connectivity index (χ0v) is 13.3. The van der Waals surface area contributed by atoms with Crippen LogP contribution in [-0.2, 0) is 10.0 Å². The first kappa shape index (κ1) is 16.2. The van der Waals surface area contributed by atoms with Crippen molar-refractivity contribution in [3.63, 3.8) is 0 Å². The highest BCUT2D eigenvalue weighted by Gasteiger charge is 2.43. The summed E-state index contributed by atoms with van der Waals surface area (Å²) in [5.41, 5.74) is 5.76. The van der Waals surface area contributed by atoms with Crippen LogP contribution in [0.1, 0.15) is 19.8 Å². The van der Waals surface area contributed by atoms with E-state index in [9.17, 15) is 8.42 Å². The van der Waals surface area contributed by atoms with Crippen molar-refractivity contribution >= 4 is 33.5 Å². The second kappa shape index (κ2) is 5.57. The van der Waals surface area contributed by atoms with Crippen LogP contribution >= 0.6 is 12.4 Å². The highest BCUT2D eigenvalue weighted by atomic mass is 35.5. The van der Waals surface area contributed by atoms with Crippen molar-refractivity contribution in [3.05, 3.63) is 24.5 Å². The average Bonchev–Trinajstić information content (AvgIpc) is 3.18. The first-order chi connectivity index (χ1) is 9.46. The summed E-state index contributed by atoms with van der Waals surface area (Å²) in [6.07, 6.45) is 5.14. The summed E-state index contributed by atoms with van der Waals surface area (Å²) >= 11 is 0. The van der Waals surface area contributed by atoms with Crippen LogP contribution in [0, 0.1) is 5.92 Å². The van der Waals surface area contributed by atoms with E-state index in [0.29, 0.717) is 17.0 Å². The lowest BCUT2D eigenvalue weighted by Crippen LogP contribution is -2.52. The molecular formula is C13H19ClN4O2S. The minimum Gasteiger partial charge on any atom is -0.345 e. The molecule has 1 fully saturated rings. The number of nitrogens with zero attached hydrogens (tertiary/aromatic N) is 1. The number of nitrogens with one attached hydrogen (secondary N) is 2. The minimum atomic E-state index is -3.62. The number of hydrogen-bond acceptors (Lipinski definition) is 4. The molecule has 116 valence electrons. The molecule has 1 aliphatic carbocycles. The first-order valence-electron chi connectivity index (χ1n) is 6.62. The third kappa shape index (κ3) is 2.91. The zero-order valence-electron chi connectivity index (χ0n) is 11.7. The van der Waals surface area contributed by atoms with Crippen LogP contribution in [-0.4, -0.2) is 30.5 Å². The summed E-state index contributed by atoms with van der Waals surface area (Å²) in [6, 6.07) is 3.46. The van der Waals surface area contributed by atoms with E-state index in [4.69, 9.17) is 5.73 Å². The van der Waals surface area contributed by atoms with Crippen molar-refractivity contribution in [2.24, 2.45) is 11.7 Å². The van der Waals surface area contributed by atoms with Gasteiger partial charge in [-0.1, -0.05) is 0 Å². The summed E-state index contributed by atoms with van der Waals surface area (Å²) in [4.78, 5) is 7.21. The van der Waals surface area contributed by atoms with E-state index in [1.807, 2.05) is 6.92 Å². The van der Waals surface area contributed by atoms with Crippen molar-refractivity contribution in [3.8, 4) is 0 Å². The van der Waals surface area contributed by atoms with Crippen LogP contribution in [0.25, 0.3) is 11.0 Å². The maximum Gasteiger partial charge on any atom is 0.243 e. The lowest BCUT2D eigenvalue weighted by atomic mass is 9.98. The summed E-state index contributed by atoms with van der Waals surface area (Å²) in [7, 11) is -3.62. The van der Waals surface area contributed by atoms with Crippen molar-refractivity contribution in [1.82, 2.24) is 14.7 Å². The van der Waals surface area contributed by atoms with E-state index in [-0.39, 0.29) is 23.8 Å². The fraction of sp³-hybridized carbons (Fsp3) is 0.462. The van der Waals surface area contributed by atoms with Gasteiger partial charge in [-0.2, -0.15) is 0 Å². The Balaban J connectivity index is 0.00000161. The Morgan fingerprint density at radius 1 is 1.52 bits per heavy atom. The molecule has 8 heteroatoms. The van der Waals surface area contributed by atoms with Gasteiger partial charge in [0.25, 0.3) is 0 Å². The van der Waals surface area contributed by atoms with Gasteiger partial charge in [0.2, 0.25) is 10.0 Å². The minimum absolute atomic E-state index is 0. The highest BCUT2D eigenvalue weighted by molar-refractivity contribution is 7.89. The molecule has 0 amide bonds. The van der Waals surface area contributed by atoms with Gasteiger partial charge in [0, 0.05) is 29.9 Å². The summed E-state index contributed by atoms with van der Waals surface area (Å²) < 4.78 is 28.0. The van der Waals surface area contributed by atoms with Gasteiger partial charge < -0.3 is 10.7 Å². The number of sulfonamides is 1. The Bertz CT molecular complexity index is 741. The van der Waals surface area contributed by atoms with Crippen molar-refractivity contribution in [1.29, 1.82) is 0 Å². The quantitative estimate of drug-likeness (QED) is 0.771. The van der Waals surface area contributed by atoms with E-state index < -0.39 is 15.6 Å². The number of hydrogen-bond donors (Lipinski definition) is 3. The van der Waals surface area contributed by atoms with Crippen LogP contribution in [0.5, 0.6) is 0 Å². The Morgan fingerprint density at radius 3 is 2.86 bits per heavy atom. The number of rotatable bonds is 5. The molecule has 1 atom stereocenters. The van der Waals surface area contributed by atoms with Gasteiger partial charge in [0.05, 0.1) is 0 Å². The largest absolute Gasteiger partial charge is 0.345 e. The third-order valence-electron chi connectivity index (χ3n) is 3.97. The second-order valence-electron chi connectivity index (χ2n) is 5.55. The van der Waals surface area contributed by atoms with Crippen LogP contribution in [0.2, 0.25) is 0 Å². The van der Waals surface area contributed by atoms with Gasteiger partial charge in [-0.15, -0.1) is 12.4 Å². The lowest BCUT2D eigenvalue weighted by Gasteiger charge is -2.28. The van der Waals surface area contributed by atoms with Crippen LogP contribution in [0.4, 0.5) is 0 Å². The molecule has 2 aromatic heterocycles. The molecule has 21 heavy (non-hydrogen) atoms. The first-order valence-corrected chi connectivity index (χ1v) is 8.11. The molecule has 4 N–H and O–H groups in total. The third-order valence-corrected chi connectivity index (χ3v) is 5.62. The monoisotopic (exact) mass is 330 g/mol. The molecule has 0 radical (unpaired) electrons. The zero-order chi connectivity index (χ0) is 14.4. The standard InChI is InChI=1S/C13H18N4O2S.ClH/c1-13(8-14,9-4-5-9)17-20(18,19)11-7-16-12-10(11)3-2-6-15-12;/h2-3,6-7,9,17H,4-5,8,14H2,1H3,(H,15,16);1H. The topological polar surface area (TPSA) is 101 Å². The Labute approximate surface area is 130 Å². The van der Waals surface area contributed by atoms with Crippen molar-refractivity contribution in [2.75, 3.05) is 6.54 Å². The van der Waals surface area contributed by atoms with Gasteiger partial charge in [-0.3, -0.25) is 0 Å². The number of nitrogens with two attached hydrogens (primary N) is 1. The number of halogens is 1. The molecule has 0 aliphatic heterocycles. The molecule has 2 aromatic rings. The van der Waals surface area contributed by atoms with E-state index >= 15 is 0 Å². The normalized spacial score (nSPS) is 18.2. The smallest absolute Gasteiger partial charge is 0.243 e. The molecular weight excluding hydrogens is 312 g/mol. The van der Waals surface area contributed by atoms with Crippen LogP contribution in [0.3, 0.4) is 0 Å². The van der Waals surface area contributed by atoms with Gasteiger partial charge in [-0.25, -0.2) is 18.1 Å². The Hall–Kier alpha value is -1.15. The lowest BCUT2D eigenvalue weighted by molar-refractivity contribution is 0.374. The molecule has 0 bridgehead atoms. The fourth-order valence-corrected chi connectivity index (χ4v) is 4.17. The summed E-state index contributed by atoms with van der Waals surface area (Å²) in [5.74, 6) is 0.325. The molecule has 1 saturated carbocycles. The number of aromatic nitrogens is 2. The van der Waals surface area contributed by atoms with Crippen LogP contribution < -0.4 is 10.5 Å². The fourth-order valence-electron chi connectivity index (χ4n) is 2.53. The van der Waals surface area contributed by atoms with E-state index in [2.05, 4.69) is 14.7 Å². The second-order valence-corrected chi connectivity index (χ2v) is 7.20. The van der Waals surface area contributed by atoms with Crippen molar-refractivity contribution < 1.29 is 8.42 Å². The van der Waals surface area contributed by atoms with Gasteiger partial charge in [-0.05, 0) is 37.8 Å². The van der Waals surface area contributed by atoms with Gasteiger partial charge in [0.1, 0.15) is 10.5 Å². The summed E-state index contributed by atoms with van der Waals surface area (Å²) in [6.45, 7) is 2.16. The predicted molar refractivity (Wildman–Crippen MR) is 83.8 cm³/mol. The number of pyridine rings is 1. The molecule has 6 nitrogen and oxygen atoms in total. The Kier molecular flexibility index (Phi) is 4.30. The maximum absolute atomic E-state index is 12.6. The van der Waals surface area contributed by atoms with E-state index in [1.165, 1.54) is 6.20 Å². The number of H-pyrrole nitrogens is 1. The molecule has 3 rings (SSSR count). The SMILES string of the molecule is CC(CN)(NS(=O)(=O)c1c[nH]c2ncccc12)C1CC1.Cl. The molecule has 2 heterocycles. The number of fused-ring (bicyclic) bond motifs is 1. The summed E-state index contributed by atoms with van der Waals surface area (Å²) in [5, 5.41) is 0.593. The Morgan fingerprint density at radius 2 is 2.24 bits per heavy atom. The maximum atomic E-state index is 12.6. The predicted octanol–water partition coefficient (Wildman–Crippen LogP) is 1.39. The van der Waals surface area contributed by atoms with E-state index in [1.54, 1.807) is 18.3 Å². The molecule has 0 aromatic carbocycles. The highest BCUT2D eigenvalue weighted by Crippen LogP contribution is 2.40. The number of aromatic amines is 1. The van der Waals surface area contributed by atoms with E-state index in [0.717, 1.165) is 12.8 Å². The van der Waals surface area contributed by atoms with Gasteiger partial charge >= 0.3 is 0 Å².